The Morgan fingerprint density at radius 3 is 2.46 bits per heavy atom. The maximum absolute atomic E-state index is 15.7. The number of hydrogen-bond acceptors (Lipinski definition) is 8. The van der Waals surface area contributed by atoms with Crippen LogP contribution in [-0.2, 0) is 13.2 Å². The first-order valence-corrected chi connectivity index (χ1v) is 16.3. The first-order valence-electron chi connectivity index (χ1n) is 15.5. The van der Waals surface area contributed by atoms with Crippen LogP contribution in [-0.4, -0.2) is 73.3 Å². The van der Waals surface area contributed by atoms with Crippen LogP contribution in [0.1, 0.15) is 34.8 Å². The van der Waals surface area contributed by atoms with Gasteiger partial charge in [-0.1, -0.05) is 35.9 Å². The summed E-state index contributed by atoms with van der Waals surface area (Å²) in [4.78, 5) is 28.8. The van der Waals surface area contributed by atoms with Gasteiger partial charge in [0.1, 0.15) is 22.9 Å². The quantitative estimate of drug-likeness (QED) is 0.186. The third-order valence-electron chi connectivity index (χ3n) is 8.94. The second-order valence-corrected chi connectivity index (χ2v) is 12.8. The minimum Gasteiger partial charge on any atom is -0.507 e. The highest BCUT2D eigenvalue weighted by Crippen LogP contribution is 2.42. The molecule has 2 N–H and O–H groups in total. The van der Waals surface area contributed by atoms with E-state index in [9.17, 15) is 19.8 Å². The standard InChI is InChI=1S/C34H32ClFN6O5S/c1-47-22-10-6-20(7-11-22)17-41-32(23-4-2-3-5-27(23)43)37-42(34(41)48)19-38-12-14-39(15-13-38)30-26(36)16-24-29(28(30)35)40(21-8-9-21)18-25(31(24)44)33(45)46/h2-7,10-11,16,18,21,43H,8-9,12-15,17,19H2,1H3,(H,45,46). The van der Waals surface area contributed by atoms with Gasteiger partial charge in [-0.15, -0.1) is 0 Å². The highest BCUT2D eigenvalue weighted by Gasteiger charge is 2.31. The van der Waals surface area contributed by atoms with E-state index in [2.05, 4.69) is 4.90 Å². The number of halogens is 2. The Kier molecular flexibility index (Phi) is 8.44. The molecule has 1 saturated heterocycles. The van der Waals surface area contributed by atoms with Gasteiger partial charge in [0, 0.05) is 38.4 Å². The molecule has 0 unspecified atom stereocenters. The van der Waals surface area contributed by atoms with E-state index in [1.54, 1.807) is 34.6 Å². The zero-order valence-electron chi connectivity index (χ0n) is 26.0. The van der Waals surface area contributed by atoms with Crippen molar-refractivity contribution in [3.05, 3.63) is 97.8 Å². The molecule has 5 aromatic rings. The lowest BCUT2D eigenvalue weighted by molar-refractivity contribution is 0.0694. The fourth-order valence-electron chi connectivity index (χ4n) is 6.27. The van der Waals surface area contributed by atoms with E-state index in [1.807, 2.05) is 39.8 Å². The van der Waals surface area contributed by atoms with Gasteiger partial charge < -0.3 is 24.4 Å². The SMILES string of the molecule is COc1ccc(Cn2c(-c3ccccc3O)nn(CN3CCN(c4c(F)cc5c(=O)c(C(=O)O)cn(C6CC6)c5c4Cl)CC3)c2=S)cc1. The van der Waals surface area contributed by atoms with Crippen molar-refractivity contribution in [1.82, 2.24) is 23.8 Å². The van der Waals surface area contributed by atoms with E-state index in [1.165, 1.54) is 6.20 Å². The van der Waals surface area contributed by atoms with Gasteiger partial charge in [0.05, 0.1) is 47.5 Å². The predicted octanol–water partition coefficient (Wildman–Crippen LogP) is 5.76. The summed E-state index contributed by atoms with van der Waals surface area (Å²) in [6, 6.07) is 15.8. The number of hydrogen-bond donors (Lipinski definition) is 2. The van der Waals surface area contributed by atoms with Crippen molar-refractivity contribution in [2.45, 2.75) is 32.1 Å². The summed E-state index contributed by atoms with van der Waals surface area (Å²) in [6.45, 7) is 2.76. The number of ether oxygens (including phenoxy) is 1. The van der Waals surface area contributed by atoms with Crippen molar-refractivity contribution in [3.63, 3.8) is 0 Å². The lowest BCUT2D eigenvalue weighted by Gasteiger charge is -2.36. The minimum absolute atomic E-state index is 0.00990. The molecule has 3 heterocycles. The normalized spacial score (nSPS) is 15.3. The average molecular weight is 691 g/mol. The van der Waals surface area contributed by atoms with Crippen LogP contribution >= 0.6 is 23.8 Å². The Morgan fingerprint density at radius 1 is 1.10 bits per heavy atom. The molecular formula is C34H32ClFN6O5S. The number of phenols is 1. The molecule has 0 atom stereocenters. The third-order valence-corrected chi connectivity index (χ3v) is 9.73. The van der Waals surface area contributed by atoms with Crippen LogP contribution in [0.25, 0.3) is 22.3 Å². The van der Waals surface area contributed by atoms with Crippen molar-refractivity contribution in [2.24, 2.45) is 0 Å². The molecular weight excluding hydrogens is 659 g/mol. The molecule has 2 aromatic heterocycles. The summed E-state index contributed by atoms with van der Waals surface area (Å²) in [6.07, 6.45) is 2.97. The predicted molar refractivity (Wildman–Crippen MR) is 182 cm³/mol. The molecule has 1 saturated carbocycles. The van der Waals surface area contributed by atoms with Gasteiger partial charge in [-0.2, -0.15) is 5.10 Å². The number of nitrogens with zero attached hydrogens (tertiary/aromatic N) is 6. The highest BCUT2D eigenvalue weighted by molar-refractivity contribution is 7.71. The monoisotopic (exact) mass is 690 g/mol. The van der Waals surface area contributed by atoms with Crippen LogP contribution in [0.5, 0.6) is 11.5 Å². The molecule has 1 aliphatic heterocycles. The average Bonchev–Trinajstić information content (AvgIpc) is 3.88. The summed E-state index contributed by atoms with van der Waals surface area (Å²) in [5.41, 5.74) is 0.945. The van der Waals surface area contributed by atoms with Crippen LogP contribution < -0.4 is 15.1 Å². The van der Waals surface area contributed by atoms with Crippen LogP contribution in [0, 0.1) is 10.6 Å². The second kappa shape index (κ2) is 12.7. The van der Waals surface area contributed by atoms with Crippen molar-refractivity contribution >= 4 is 46.4 Å². The summed E-state index contributed by atoms with van der Waals surface area (Å²) in [5, 5.41) is 25.2. The number of carboxylic acids is 1. The van der Waals surface area contributed by atoms with Gasteiger partial charge >= 0.3 is 5.97 Å². The van der Waals surface area contributed by atoms with Gasteiger partial charge in [-0.25, -0.2) is 13.9 Å². The molecule has 0 spiro atoms. The number of carbonyl (C=O) groups is 1. The number of aromatic carboxylic acids is 1. The molecule has 1 aliphatic carbocycles. The summed E-state index contributed by atoms with van der Waals surface area (Å²) < 4.78 is 26.8. The number of pyridine rings is 1. The van der Waals surface area contributed by atoms with Crippen LogP contribution in [0.3, 0.4) is 0 Å². The Hall–Kier alpha value is -4.72. The molecule has 0 radical (unpaired) electrons. The molecule has 0 amide bonds. The van der Waals surface area contributed by atoms with E-state index in [-0.39, 0.29) is 27.9 Å². The van der Waals surface area contributed by atoms with Gasteiger partial charge in [0.15, 0.2) is 10.6 Å². The van der Waals surface area contributed by atoms with Crippen LogP contribution in [0.4, 0.5) is 10.1 Å². The lowest BCUT2D eigenvalue weighted by atomic mass is 10.1. The largest absolute Gasteiger partial charge is 0.507 e. The molecule has 7 rings (SSSR count). The fourth-order valence-corrected chi connectivity index (χ4v) is 6.93. The number of piperazine rings is 1. The van der Waals surface area contributed by atoms with Crippen molar-refractivity contribution in [2.75, 3.05) is 38.2 Å². The number of rotatable bonds is 9. The number of aromatic nitrogens is 4. The number of fused-ring (bicyclic) bond motifs is 1. The Balaban J connectivity index is 1.15. The number of anilines is 1. The van der Waals surface area contributed by atoms with Crippen molar-refractivity contribution in [1.29, 1.82) is 0 Å². The summed E-state index contributed by atoms with van der Waals surface area (Å²) in [7, 11) is 1.61. The maximum atomic E-state index is 15.7. The van der Waals surface area contributed by atoms with Crippen LogP contribution in [0.15, 0.2) is 65.6 Å². The molecule has 248 valence electrons. The van der Waals surface area contributed by atoms with Gasteiger partial charge in [-0.05, 0) is 61.0 Å². The first-order chi connectivity index (χ1) is 23.1. The maximum Gasteiger partial charge on any atom is 0.341 e. The Labute approximate surface area is 284 Å². The van der Waals surface area contributed by atoms with E-state index >= 15 is 4.39 Å². The fraction of sp³-hybridized carbons (Fsp3) is 0.294. The van der Waals surface area contributed by atoms with Crippen molar-refractivity contribution in [3.8, 4) is 22.9 Å². The number of phenolic OH excluding ortho intramolecular Hbond substituents is 1. The number of para-hydroxylation sites is 1. The van der Waals surface area contributed by atoms with Crippen LogP contribution in [0.2, 0.25) is 5.02 Å². The van der Waals surface area contributed by atoms with Crippen molar-refractivity contribution < 1.29 is 24.1 Å². The molecule has 11 nitrogen and oxygen atoms in total. The van der Waals surface area contributed by atoms with Gasteiger partial charge in [-0.3, -0.25) is 14.3 Å². The number of methoxy groups -OCH3 is 1. The lowest BCUT2D eigenvalue weighted by Crippen LogP contribution is -2.47. The minimum atomic E-state index is -1.36. The highest BCUT2D eigenvalue weighted by atomic mass is 35.5. The second-order valence-electron chi connectivity index (χ2n) is 12.0. The van der Waals surface area contributed by atoms with Gasteiger partial charge in [0.2, 0.25) is 5.43 Å². The number of aromatic hydroxyl groups is 1. The zero-order chi connectivity index (χ0) is 33.7. The molecule has 3 aromatic carbocycles. The topological polar surface area (TPSA) is 118 Å². The van der Waals surface area contributed by atoms with E-state index in [0.29, 0.717) is 61.1 Å². The van der Waals surface area contributed by atoms with E-state index < -0.39 is 22.8 Å². The Bertz CT molecular complexity index is 2170. The Morgan fingerprint density at radius 2 is 1.81 bits per heavy atom. The molecule has 0 bridgehead atoms. The molecule has 2 fully saturated rings. The molecule has 2 aliphatic rings. The number of benzene rings is 3. The van der Waals surface area contributed by atoms with Gasteiger partial charge in [0.25, 0.3) is 0 Å². The summed E-state index contributed by atoms with van der Waals surface area (Å²) in [5.74, 6) is -0.658. The summed E-state index contributed by atoms with van der Waals surface area (Å²) >= 11 is 12.8. The number of carboxylic acid groups (broad SMARTS) is 1. The van der Waals surface area contributed by atoms with E-state index in [4.69, 9.17) is 33.7 Å². The zero-order valence-corrected chi connectivity index (χ0v) is 27.5. The third kappa shape index (κ3) is 5.82. The molecule has 48 heavy (non-hydrogen) atoms. The molecule has 14 heteroatoms. The van der Waals surface area contributed by atoms with E-state index in [0.717, 1.165) is 30.2 Å². The first kappa shape index (κ1) is 31.9. The smallest absolute Gasteiger partial charge is 0.341 e.